The van der Waals surface area contributed by atoms with E-state index in [2.05, 4.69) is 25.4 Å². The molecule has 0 unspecified atom stereocenters. The summed E-state index contributed by atoms with van der Waals surface area (Å²) in [6, 6.07) is 15.6. The van der Waals surface area contributed by atoms with E-state index >= 15 is 0 Å². The first-order chi connectivity index (χ1) is 36.9. The number of carbonyl (C=O) groups excluding carboxylic acids is 4. The number of halogens is 6. The zero-order valence-electron chi connectivity index (χ0n) is 41.0. The largest absolute Gasteiger partial charge is 0.477 e. The molecule has 0 aliphatic rings. The summed E-state index contributed by atoms with van der Waals surface area (Å²) in [6.07, 6.45) is 0. The van der Waals surface area contributed by atoms with Crippen molar-refractivity contribution in [2.75, 3.05) is 66.8 Å². The number of hydrogen-bond donors (Lipinski definition) is 5. The fraction of sp³-hybridized carbons (Fsp3) is 0.102. The van der Waals surface area contributed by atoms with Gasteiger partial charge in [-0.3, -0.25) is 9.80 Å². The molecule has 30 heteroatoms. The second kappa shape index (κ2) is 26.1. The Morgan fingerprint density at radius 3 is 1.28 bits per heavy atom. The smallest absolute Gasteiger partial charge is 0.351 e. The number of urea groups is 2. The molecule has 6 N–H and O–H groups in total. The zero-order valence-corrected chi connectivity index (χ0v) is 43.4. The van der Waals surface area contributed by atoms with Crippen molar-refractivity contribution in [1.82, 2.24) is 0 Å². The van der Waals surface area contributed by atoms with Crippen molar-refractivity contribution in [3.63, 3.8) is 0 Å². The number of esters is 2. The number of aromatic carboxylic acids is 1. The lowest BCUT2D eigenvalue weighted by Gasteiger charge is -2.16. The first kappa shape index (κ1) is 60.4. The van der Waals surface area contributed by atoms with E-state index in [4.69, 9.17) is 24.1 Å². The van der Waals surface area contributed by atoms with Gasteiger partial charge in [-0.1, -0.05) is 0 Å². The van der Waals surface area contributed by atoms with Crippen LogP contribution in [-0.2, 0) is 9.47 Å². The van der Waals surface area contributed by atoms with Crippen LogP contribution < -0.4 is 48.4 Å². The molecule has 0 fully saturated rings. The Labute approximate surface area is 452 Å². The van der Waals surface area contributed by atoms with Gasteiger partial charge in [0.2, 0.25) is 0 Å². The highest BCUT2D eigenvalue weighted by Crippen LogP contribution is 2.34. The molecule has 0 saturated heterocycles. The number of carbonyl (C=O) groups is 5. The van der Waals surface area contributed by atoms with E-state index in [9.17, 15) is 64.7 Å². The molecule has 6 aromatic heterocycles. The SMILES string of the molecule is CN(C(=O)Nc1ccc(F)cc1F)c1cc2oc(=O)c(C(=O)O)cc2s1.CNc1cc2oc(=O)c(C(=O)OC)cc2s1.COC(=O)c1cc2sc(N(C)C(=O)Nc3ccc(F)cc3F)cc2oc1=O.Nc1ccc(F)cc1F.[B]. The third-order valence-corrected chi connectivity index (χ3v) is 13.5. The molecule has 409 valence electrons. The first-order valence-corrected chi connectivity index (χ1v) is 23.9. The molecular weight excluding hydrogens is 1120 g/mol. The van der Waals surface area contributed by atoms with Gasteiger partial charge in [-0.05, 0) is 54.6 Å². The van der Waals surface area contributed by atoms with Crippen LogP contribution in [0.1, 0.15) is 31.1 Å². The summed E-state index contributed by atoms with van der Waals surface area (Å²) in [7, 11) is 6.93. The van der Waals surface area contributed by atoms with Crippen molar-refractivity contribution >= 4 is 135 Å². The van der Waals surface area contributed by atoms with E-state index in [-0.39, 0.29) is 47.8 Å². The number of amides is 4. The molecule has 0 bridgehead atoms. The Morgan fingerprint density at radius 2 is 0.911 bits per heavy atom. The quantitative estimate of drug-likeness (QED) is 0.0409. The van der Waals surface area contributed by atoms with Crippen LogP contribution in [0.4, 0.5) is 68.0 Å². The number of nitrogens with two attached hydrogens (primary N) is 1. The number of hydrogen-bond acceptors (Lipinski definition) is 18. The average Bonchev–Trinajstić information content (AvgIpc) is 4.20. The first-order valence-electron chi connectivity index (χ1n) is 21.4. The Balaban J connectivity index is 0.000000205. The van der Waals surface area contributed by atoms with Gasteiger partial charge in [-0.2, -0.15) is 0 Å². The highest BCUT2D eigenvalue weighted by atomic mass is 32.1. The number of nitrogen functional groups attached to an aromatic ring is 1. The lowest BCUT2D eigenvalue weighted by Crippen LogP contribution is -2.30. The second-order valence-electron chi connectivity index (χ2n) is 15.2. The van der Waals surface area contributed by atoms with Crippen molar-refractivity contribution in [1.29, 1.82) is 0 Å². The monoisotopic (exact) mass is 1150 g/mol. The zero-order chi connectivity index (χ0) is 57.3. The minimum absolute atomic E-state index is 0. The van der Waals surface area contributed by atoms with Gasteiger partial charge >= 0.3 is 46.8 Å². The van der Waals surface area contributed by atoms with Gasteiger partial charge in [-0.25, -0.2) is 64.7 Å². The Morgan fingerprint density at radius 1 is 0.544 bits per heavy atom. The van der Waals surface area contributed by atoms with Crippen LogP contribution in [0.5, 0.6) is 0 Å². The molecule has 79 heavy (non-hydrogen) atoms. The topological polar surface area (TPSA) is 283 Å². The van der Waals surface area contributed by atoms with Gasteiger partial charge in [0.05, 0.1) is 50.4 Å². The van der Waals surface area contributed by atoms with E-state index < -0.39 is 87.3 Å². The molecule has 3 radical (unpaired) electrons. The van der Waals surface area contributed by atoms with Crippen molar-refractivity contribution < 1.29 is 78.1 Å². The van der Waals surface area contributed by atoms with Crippen LogP contribution in [-0.4, -0.2) is 78.9 Å². The summed E-state index contributed by atoms with van der Waals surface area (Å²) < 4.78 is 103. The number of methoxy groups -OCH3 is 2. The minimum atomic E-state index is -1.42. The molecule has 4 amide bonds. The third-order valence-electron chi connectivity index (χ3n) is 10.1. The van der Waals surface area contributed by atoms with Crippen LogP contribution in [0.3, 0.4) is 0 Å². The maximum absolute atomic E-state index is 13.7. The molecule has 6 heterocycles. The number of benzene rings is 3. The summed E-state index contributed by atoms with van der Waals surface area (Å²) in [5.41, 5.74) is 1.97. The van der Waals surface area contributed by atoms with Crippen LogP contribution in [0, 0.1) is 34.9 Å². The number of nitrogens with zero attached hydrogens (tertiary/aromatic N) is 2. The van der Waals surface area contributed by atoms with Crippen LogP contribution in [0.25, 0.3) is 30.8 Å². The Hall–Kier alpha value is -9.42. The molecule has 9 rings (SSSR count). The minimum Gasteiger partial charge on any atom is -0.477 e. The number of anilines is 6. The maximum Gasteiger partial charge on any atom is 0.351 e. The fourth-order valence-electron chi connectivity index (χ4n) is 6.10. The Bertz CT molecular complexity index is 3980. The molecular formula is C49H36BF6N6O14S3. The van der Waals surface area contributed by atoms with Crippen LogP contribution in [0.2, 0.25) is 0 Å². The summed E-state index contributed by atoms with van der Waals surface area (Å²) in [4.78, 5) is 95.5. The number of fused-ring (bicyclic) bond motifs is 3. The van der Waals surface area contributed by atoms with E-state index in [0.717, 1.165) is 91.7 Å². The predicted molar refractivity (Wildman–Crippen MR) is 284 cm³/mol. The van der Waals surface area contributed by atoms with E-state index in [1.54, 1.807) is 13.1 Å². The van der Waals surface area contributed by atoms with Gasteiger partial charge in [0.15, 0.2) is 16.7 Å². The van der Waals surface area contributed by atoms with E-state index in [1.165, 1.54) is 62.9 Å². The average molecular weight is 1150 g/mol. The maximum atomic E-state index is 13.7. The third kappa shape index (κ3) is 14.7. The van der Waals surface area contributed by atoms with Crippen molar-refractivity contribution in [2.45, 2.75) is 0 Å². The number of nitrogens with one attached hydrogen (secondary N) is 3. The lowest BCUT2D eigenvalue weighted by atomic mass is 10.3. The van der Waals surface area contributed by atoms with Crippen molar-refractivity contribution in [2.24, 2.45) is 0 Å². The highest BCUT2D eigenvalue weighted by Gasteiger charge is 2.22. The summed E-state index contributed by atoms with van der Waals surface area (Å²) in [5, 5.41) is 18.0. The van der Waals surface area contributed by atoms with Gasteiger partial charge in [0.25, 0.3) is 0 Å². The molecule has 0 spiro atoms. The molecule has 0 atom stereocenters. The normalized spacial score (nSPS) is 10.4. The fourth-order valence-corrected chi connectivity index (χ4v) is 8.97. The second-order valence-corrected chi connectivity index (χ2v) is 18.4. The summed E-state index contributed by atoms with van der Waals surface area (Å²) in [5.74, 6) is -7.65. The molecule has 20 nitrogen and oxygen atoms in total. The van der Waals surface area contributed by atoms with E-state index in [0.29, 0.717) is 37.1 Å². The standard InChI is InChI=1S/C17H12F2N2O5S.C16H10F2N2O5S.C10H9NO4S.C6H5F2N.B/c1-21(17(24)20-11-4-3-8(18)5-10(11)19)14-7-12-13(27-14)6-9(15(22)25-2)16(23)26-12;1-20(16(24)19-10-3-2-7(17)4-9(10)18)13-6-11-12(26-13)5-8(14(21)22)15(23)25-11;1-11-8-4-6-7(16-8)3-5(9(12)14-2)10(13)15-6;7-4-1-2-6(9)5(8)3-4;/h3-7H,1-2H3,(H,20,24);2-6H,1H3,(H,19,24)(H,21,22);3-4,11H,1-2H3;1-3H,9H2;. The van der Waals surface area contributed by atoms with Gasteiger partial charge < -0.3 is 49.5 Å². The molecule has 3 aromatic carbocycles. The van der Waals surface area contributed by atoms with Gasteiger partial charge in [0, 0.05) is 66.0 Å². The summed E-state index contributed by atoms with van der Waals surface area (Å²) >= 11 is 3.48. The number of carboxylic acid groups (broad SMARTS) is 1. The Kier molecular flexibility index (Phi) is 20.0. The predicted octanol–water partition coefficient (Wildman–Crippen LogP) is 9.94. The summed E-state index contributed by atoms with van der Waals surface area (Å²) in [6.45, 7) is 0. The molecule has 0 aliphatic carbocycles. The number of rotatable bonds is 8. The van der Waals surface area contributed by atoms with Gasteiger partial charge in [-0.15, -0.1) is 34.0 Å². The molecule has 9 aromatic rings. The number of carboxylic acids is 1. The lowest BCUT2D eigenvalue weighted by molar-refractivity contribution is 0.0587. The highest BCUT2D eigenvalue weighted by molar-refractivity contribution is 7.23. The number of ether oxygens (including phenoxy) is 2. The van der Waals surface area contributed by atoms with E-state index in [1.807, 2.05) is 0 Å². The molecule has 0 aliphatic heterocycles. The van der Waals surface area contributed by atoms with Crippen molar-refractivity contribution in [3.05, 3.63) is 174 Å². The van der Waals surface area contributed by atoms with Gasteiger partial charge in [0.1, 0.15) is 61.6 Å². The van der Waals surface area contributed by atoms with Crippen molar-refractivity contribution in [3.8, 4) is 0 Å². The van der Waals surface area contributed by atoms with Crippen LogP contribution in [0.15, 0.2) is 119 Å². The number of thiophene rings is 3. The van der Waals surface area contributed by atoms with Crippen LogP contribution >= 0.6 is 34.0 Å². The molecule has 0 saturated carbocycles.